The number of piperidine rings is 1. The summed E-state index contributed by atoms with van der Waals surface area (Å²) in [4.78, 5) is 22.3. The number of rotatable bonds is 3. The lowest BCUT2D eigenvalue weighted by Crippen LogP contribution is -2.47. The molecule has 8 heteroatoms. The van der Waals surface area contributed by atoms with E-state index in [2.05, 4.69) is 5.32 Å². The van der Waals surface area contributed by atoms with Gasteiger partial charge in [0, 0.05) is 26.1 Å². The normalized spacial score (nSPS) is 18.4. The van der Waals surface area contributed by atoms with Crippen LogP contribution in [0.25, 0.3) is 0 Å². The van der Waals surface area contributed by atoms with E-state index in [1.54, 1.807) is 0 Å². The first-order valence-electron chi connectivity index (χ1n) is 6.54. The predicted octanol–water partition coefficient (Wildman–Crippen LogP) is 1.98. The number of hydrogen-bond acceptors (Lipinski definition) is 4. The van der Waals surface area contributed by atoms with E-state index in [0.717, 1.165) is 6.42 Å². The molecule has 1 heterocycles. The van der Waals surface area contributed by atoms with Crippen molar-refractivity contribution in [1.82, 2.24) is 5.32 Å². The van der Waals surface area contributed by atoms with Gasteiger partial charge in [-0.1, -0.05) is 0 Å². The second kappa shape index (κ2) is 6.02. The topological polar surface area (TPSA) is 75.5 Å². The minimum absolute atomic E-state index is 0.190. The molecule has 2 rings (SSSR count). The van der Waals surface area contributed by atoms with Crippen LogP contribution in [0.5, 0.6) is 0 Å². The largest absolute Gasteiger partial charge is 0.365 e. The van der Waals surface area contributed by atoms with Crippen LogP contribution in [0.15, 0.2) is 12.1 Å². The first-order chi connectivity index (χ1) is 9.88. The summed E-state index contributed by atoms with van der Waals surface area (Å²) in [5, 5.41) is 13.3. The number of halogens is 2. The predicted molar refractivity (Wildman–Crippen MR) is 72.1 cm³/mol. The second-order valence-electron chi connectivity index (χ2n) is 5.00. The Hall–Kier alpha value is -2.25. The van der Waals surface area contributed by atoms with Gasteiger partial charge in [0.1, 0.15) is 5.69 Å². The number of hydrogen-bond donors (Lipinski definition) is 1. The van der Waals surface area contributed by atoms with Crippen molar-refractivity contribution < 1.29 is 18.5 Å². The summed E-state index contributed by atoms with van der Waals surface area (Å²) in [6, 6.07) is 1.23. The number of anilines is 1. The number of carbonyl (C=O) groups is 1. The number of nitro groups is 1. The van der Waals surface area contributed by atoms with E-state index in [-0.39, 0.29) is 24.2 Å². The summed E-state index contributed by atoms with van der Waals surface area (Å²) >= 11 is 0. The molecule has 1 aliphatic heterocycles. The first-order valence-corrected chi connectivity index (χ1v) is 6.54. The third-order valence-electron chi connectivity index (χ3n) is 3.36. The average molecular weight is 299 g/mol. The maximum atomic E-state index is 14.0. The van der Waals surface area contributed by atoms with Gasteiger partial charge in [0.15, 0.2) is 11.6 Å². The fraction of sp³-hybridized carbons (Fsp3) is 0.462. The van der Waals surface area contributed by atoms with Gasteiger partial charge in [0.2, 0.25) is 5.91 Å². The molecule has 114 valence electrons. The van der Waals surface area contributed by atoms with Crippen molar-refractivity contribution in [1.29, 1.82) is 0 Å². The van der Waals surface area contributed by atoms with E-state index >= 15 is 0 Å². The molecule has 0 saturated carbocycles. The fourth-order valence-electron chi connectivity index (χ4n) is 2.55. The summed E-state index contributed by atoms with van der Waals surface area (Å²) in [7, 11) is 0. The van der Waals surface area contributed by atoms with E-state index in [9.17, 15) is 23.7 Å². The maximum Gasteiger partial charge on any atom is 0.275 e. The third-order valence-corrected chi connectivity index (χ3v) is 3.36. The van der Waals surface area contributed by atoms with Crippen molar-refractivity contribution in [3.63, 3.8) is 0 Å². The molecule has 0 aliphatic carbocycles. The zero-order chi connectivity index (χ0) is 15.6. The molecule has 1 atom stereocenters. The second-order valence-corrected chi connectivity index (χ2v) is 5.00. The Balaban J connectivity index is 2.25. The zero-order valence-electron chi connectivity index (χ0n) is 11.4. The van der Waals surface area contributed by atoms with E-state index < -0.39 is 22.2 Å². The van der Waals surface area contributed by atoms with Crippen LogP contribution >= 0.6 is 0 Å². The van der Waals surface area contributed by atoms with Crippen LogP contribution in [0.1, 0.15) is 19.8 Å². The van der Waals surface area contributed by atoms with E-state index in [1.165, 1.54) is 11.8 Å². The maximum absolute atomic E-state index is 14.0. The van der Waals surface area contributed by atoms with Crippen molar-refractivity contribution in [2.45, 2.75) is 25.8 Å². The molecule has 1 saturated heterocycles. The van der Waals surface area contributed by atoms with Gasteiger partial charge < -0.3 is 10.2 Å². The van der Waals surface area contributed by atoms with Crippen LogP contribution in [-0.4, -0.2) is 30.0 Å². The Morgan fingerprint density at radius 3 is 2.57 bits per heavy atom. The molecular formula is C13H15F2N3O3. The monoisotopic (exact) mass is 299 g/mol. The highest BCUT2D eigenvalue weighted by molar-refractivity contribution is 5.73. The highest BCUT2D eigenvalue weighted by Crippen LogP contribution is 2.30. The van der Waals surface area contributed by atoms with Gasteiger partial charge in [-0.2, -0.15) is 0 Å². The summed E-state index contributed by atoms with van der Waals surface area (Å²) in [6.07, 6.45) is 1.40. The summed E-state index contributed by atoms with van der Waals surface area (Å²) < 4.78 is 27.9. The number of nitrogens with zero attached hydrogens (tertiary/aromatic N) is 2. The van der Waals surface area contributed by atoms with Gasteiger partial charge in [-0.05, 0) is 12.8 Å². The Labute approximate surface area is 119 Å². The van der Waals surface area contributed by atoms with Crippen molar-refractivity contribution in [2.24, 2.45) is 0 Å². The van der Waals surface area contributed by atoms with Gasteiger partial charge in [-0.3, -0.25) is 14.9 Å². The number of non-ortho nitro benzene ring substituents is 1. The first kappa shape index (κ1) is 15.1. The van der Waals surface area contributed by atoms with Crippen LogP contribution in [-0.2, 0) is 4.79 Å². The molecule has 0 bridgehead atoms. The smallest absolute Gasteiger partial charge is 0.275 e. The molecule has 1 aromatic carbocycles. The number of benzene rings is 1. The Morgan fingerprint density at radius 1 is 1.43 bits per heavy atom. The van der Waals surface area contributed by atoms with Crippen molar-refractivity contribution >= 4 is 17.3 Å². The molecule has 1 unspecified atom stereocenters. The fourth-order valence-corrected chi connectivity index (χ4v) is 2.55. The highest BCUT2D eigenvalue weighted by atomic mass is 19.1. The summed E-state index contributed by atoms with van der Waals surface area (Å²) in [5.41, 5.74) is -0.903. The summed E-state index contributed by atoms with van der Waals surface area (Å²) in [6.45, 7) is 2.08. The van der Waals surface area contributed by atoms with Crippen molar-refractivity contribution in [3.05, 3.63) is 33.9 Å². The number of nitrogens with one attached hydrogen (secondary N) is 1. The van der Waals surface area contributed by atoms with Gasteiger partial charge in [0.05, 0.1) is 17.1 Å². The number of carbonyl (C=O) groups excluding carboxylic acids is 1. The number of amides is 1. The van der Waals surface area contributed by atoms with Crippen molar-refractivity contribution in [3.8, 4) is 0 Å². The molecule has 1 amide bonds. The van der Waals surface area contributed by atoms with Gasteiger partial charge in [-0.25, -0.2) is 8.78 Å². The van der Waals surface area contributed by atoms with Crippen LogP contribution in [0, 0.1) is 21.7 Å². The molecule has 1 fully saturated rings. The molecule has 6 nitrogen and oxygen atoms in total. The van der Waals surface area contributed by atoms with Gasteiger partial charge in [0.25, 0.3) is 5.69 Å². The SMILES string of the molecule is CC(=O)NC1CCCN(c2c(F)cc([N+](=O)[O-])cc2F)C1. The lowest BCUT2D eigenvalue weighted by atomic mass is 10.0. The van der Waals surface area contributed by atoms with Crippen LogP contribution in [0.2, 0.25) is 0 Å². The van der Waals surface area contributed by atoms with Crippen molar-refractivity contribution in [2.75, 3.05) is 18.0 Å². The van der Waals surface area contributed by atoms with Crippen LogP contribution < -0.4 is 10.2 Å². The summed E-state index contributed by atoms with van der Waals surface area (Å²) in [5.74, 6) is -2.14. The molecule has 21 heavy (non-hydrogen) atoms. The molecule has 0 spiro atoms. The van der Waals surface area contributed by atoms with Crippen LogP contribution in [0.4, 0.5) is 20.2 Å². The Kier molecular flexibility index (Phi) is 4.35. The standard InChI is InChI=1S/C13H15F2N3O3/c1-8(19)16-9-3-2-4-17(7-9)13-11(14)5-10(18(20)21)6-12(13)15/h5-6,9H,2-4,7H2,1H3,(H,16,19). The molecule has 1 N–H and O–H groups in total. The lowest BCUT2D eigenvalue weighted by Gasteiger charge is -2.34. The Morgan fingerprint density at radius 2 is 2.05 bits per heavy atom. The van der Waals surface area contributed by atoms with E-state index in [0.29, 0.717) is 25.1 Å². The minimum atomic E-state index is -0.967. The Bertz CT molecular complexity index is 557. The van der Waals surface area contributed by atoms with E-state index in [1.807, 2.05) is 0 Å². The van der Waals surface area contributed by atoms with Gasteiger partial charge in [-0.15, -0.1) is 0 Å². The molecule has 1 aromatic rings. The average Bonchev–Trinajstić information content (AvgIpc) is 2.37. The van der Waals surface area contributed by atoms with E-state index in [4.69, 9.17) is 0 Å². The quantitative estimate of drug-likeness (QED) is 0.684. The highest BCUT2D eigenvalue weighted by Gasteiger charge is 2.26. The molecule has 0 aromatic heterocycles. The molecule has 1 aliphatic rings. The van der Waals surface area contributed by atoms with Crippen LogP contribution in [0.3, 0.4) is 0 Å². The molecular weight excluding hydrogens is 284 g/mol. The molecule has 0 radical (unpaired) electrons. The lowest BCUT2D eigenvalue weighted by molar-refractivity contribution is -0.385. The third kappa shape index (κ3) is 3.45. The minimum Gasteiger partial charge on any atom is -0.365 e. The van der Waals surface area contributed by atoms with Gasteiger partial charge >= 0.3 is 0 Å². The zero-order valence-corrected chi connectivity index (χ0v) is 11.4. The number of nitro benzene ring substituents is 1.